The molecule has 19 heavy (non-hydrogen) atoms. The first kappa shape index (κ1) is 16.9. The maximum atomic E-state index is 5.90. The molecule has 0 saturated carbocycles. The Bertz CT molecular complexity index is 272. The van der Waals surface area contributed by atoms with Crippen LogP contribution in [0.25, 0.3) is 0 Å². The summed E-state index contributed by atoms with van der Waals surface area (Å²) in [5.41, 5.74) is 0.225. The Morgan fingerprint density at radius 3 is 2.47 bits per heavy atom. The minimum Gasteiger partial charge on any atom is -0.375 e. The van der Waals surface area contributed by atoms with Gasteiger partial charge in [-0.25, -0.2) is 0 Å². The second kappa shape index (κ2) is 6.55. The van der Waals surface area contributed by atoms with Crippen LogP contribution < -0.4 is 5.32 Å². The zero-order valence-electron chi connectivity index (χ0n) is 14.0. The molecule has 0 spiro atoms. The quantitative estimate of drug-likeness (QED) is 0.831. The molecule has 1 aliphatic heterocycles. The summed E-state index contributed by atoms with van der Waals surface area (Å²) >= 11 is 0. The van der Waals surface area contributed by atoms with Gasteiger partial charge in [-0.05, 0) is 40.0 Å². The molecule has 1 N–H and O–H groups in total. The molecule has 1 aliphatic rings. The highest BCUT2D eigenvalue weighted by Gasteiger charge is 2.35. The molecule has 0 amide bonds. The molecule has 1 rings (SSSR count). The van der Waals surface area contributed by atoms with Gasteiger partial charge in [-0.2, -0.15) is 0 Å². The van der Waals surface area contributed by atoms with Crippen LogP contribution in [0.15, 0.2) is 0 Å². The topological polar surface area (TPSA) is 24.5 Å². The standard InChI is InChI=1S/C16H34N2O/c1-8-16(7)12-18(9-10-19-15(4,5)6)14(11-17-16)13(2)3/h13-14,17H,8-12H2,1-7H3. The van der Waals surface area contributed by atoms with Gasteiger partial charge in [0.05, 0.1) is 12.2 Å². The van der Waals surface area contributed by atoms with Crippen LogP contribution in [-0.2, 0) is 4.74 Å². The van der Waals surface area contributed by atoms with Crippen molar-refractivity contribution in [1.29, 1.82) is 0 Å². The predicted molar refractivity (Wildman–Crippen MR) is 82.6 cm³/mol. The van der Waals surface area contributed by atoms with Crippen molar-refractivity contribution in [3.05, 3.63) is 0 Å². The highest BCUT2D eigenvalue weighted by molar-refractivity contribution is 4.95. The first-order valence-corrected chi connectivity index (χ1v) is 7.80. The Balaban J connectivity index is 2.57. The van der Waals surface area contributed by atoms with Crippen molar-refractivity contribution in [3.63, 3.8) is 0 Å². The van der Waals surface area contributed by atoms with E-state index < -0.39 is 0 Å². The molecule has 3 heteroatoms. The molecule has 0 radical (unpaired) electrons. The third-order valence-corrected chi connectivity index (χ3v) is 4.22. The second-order valence-corrected chi connectivity index (χ2v) is 7.54. The van der Waals surface area contributed by atoms with Crippen LogP contribution in [-0.4, -0.2) is 48.3 Å². The van der Waals surface area contributed by atoms with Crippen molar-refractivity contribution in [1.82, 2.24) is 10.2 Å². The lowest BCUT2D eigenvalue weighted by Gasteiger charge is -2.47. The first-order chi connectivity index (χ1) is 8.67. The molecule has 0 aromatic carbocycles. The maximum Gasteiger partial charge on any atom is 0.0600 e. The van der Waals surface area contributed by atoms with Crippen LogP contribution in [0, 0.1) is 5.92 Å². The smallest absolute Gasteiger partial charge is 0.0600 e. The lowest BCUT2D eigenvalue weighted by atomic mass is 9.90. The molecule has 0 aromatic heterocycles. The van der Waals surface area contributed by atoms with E-state index in [1.165, 1.54) is 6.42 Å². The zero-order chi connectivity index (χ0) is 14.7. The highest BCUT2D eigenvalue weighted by atomic mass is 16.5. The van der Waals surface area contributed by atoms with Crippen molar-refractivity contribution in [2.45, 2.75) is 72.1 Å². The van der Waals surface area contributed by atoms with Crippen LogP contribution in [0.4, 0.5) is 0 Å². The molecule has 0 aliphatic carbocycles. The normalized spacial score (nSPS) is 30.0. The lowest BCUT2D eigenvalue weighted by molar-refractivity contribution is -0.0314. The minimum absolute atomic E-state index is 0.0323. The fourth-order valence-corrected chi connectivity index (χ4v) is 2.71. The van der Waals surface area contributed by atoms with Crippen LogP contribution in [0.2, 0.25) is 0 Å². The van der Waals surface area contributed by atoms with E-state index in [1.807, 2.05) is 0 Å². The zero-order valence-corrected chi connectivity index (χ0v) is 14.0. The molecule has 1 fully saturated rings. The Morgan fingerprint density at radius 1 is 1.37 bits per heavy atom. The molecule has 114 valence electrons. The number of hydrogen-bond donors (Lipinski definition) is 1. The minimum atomic E-state index is -0.0323. The average Bonchev–Trinajstić information content (AvgIpc) is 2.27. The largest absolute Gasteiger partial charge is 0.375 e. The fraction of sp³-hybridized carbons (Fsp3) is 1.00. The van der Waals surface area contributed by atoms with E-state index in [4.69, 9.17) is 4.74 Å². The lowest BCUT2D eigenvalue weighted by Crippen LogP contribution is -2.64. The number of rotatable bonds is 5. The molecule has 0 bridgehead atoms. The van der Waals surface area contributed by atoms with Crippen molar-refractivity contribution in [2.75, 3.05) is 26.2 Å². The fourth-order valence-electron chi connectivity index (χ4n) is 2.71. The van der Waals surface area contributed by atoms with Gasteiger partial charge in [0.1, 0.15) is 0 Å². The summed E-state index contributed by atoms with van der Waals surface area (Å²) in [5, 5.41) is 3.73. The summed E-state index contributed by atoms with van der Waals surface area (Å²) in [7, 11) is 0. The van der Waals surface area contributed by atoms with Crippen LogP contribution in [0.3, 0.4) is 0 Å². The molecule has 1 saturated heterocycles. The van der Waals surface area contributed by atoms with E-state index in [9.17, 15) is 0 Å². The third-order valence-electron chi connectivity index (χ3n) is 4.22. The molecule has 2 atom stereocenters. The van der Waals surface area contributed by atoms with Gasteiger partial charge in [0.2, 0.25) is 0 Å². The number of ether oxygens (including phenoxy) is 1. The van der Waals surface area contributed by atoms with Crippen molar-refractivity contribution < 1.29 is 4.74 Å². The number of piperazine rings is 1. The van der Waals surface area contributed by atoms with Crippen LogP contribution in [0.1, 0.15) is 54.9 Å². The summed E-state index contributed by atoms with van der Waals surface area (Å²) in [6.45, 7) is 19.7. The number of hydrogen-bond acceptors (Lipinski definition) is 3. The second-order valence-electron chi connectivity index (χ2n) is 7.54. The molecular formula is C16H34N2O. The van der Waals surface area contributed by atoms with Crippen LogP contribution in [0.5, 0.6) is 0 Å². The molecular weight excluding hydrogens is 236 g/mol. The summed E-state index contributed by atoms with van der Waals surface area (Å²) in [5.74, 6) is 0.684. The van der Waals surface area contributed by atoms with E-state index in [0.29, 0.717) is 12.0 Å². The average molecular weight is 270 g/mol. The Hall–Kier alpha value is -0.120. The van der Waals surface area contributed by atoms with E-state index in [0.717, 1.165) is 26.2 Å². The van der Waals surface area contributed by atoms with Crippen molar-refractivity contribution in [3.8, 4) is 0 Å². The van der Waals surface area contributed by atoms with Crippen molar-refractivity contribution >= 4 is 0 Å². The first-order valence-electron chi connectivity index (χ1n) is 7.80. The van der Waals surface area contributed by atoms with Gasteiger partial charge in [0, 0.05) is 31.2 Å². The van der Waals surface area contributed by atoms with E-state index in [2.05, 4.69) is 58.7 Å². The summed E-state index contributed by atoms with van der Waals surface area (Å²) in [4.78, 5) is 2.62. The Kier molecular flexibility index (Phi) is 5.84. The summed E-state index contributed by atoms with van der Waals surface area (Å²) < 4.78 is 5.90. The van der Waals surface area contributed by atoms with Crippen molar-refractivity contribution in [2.24, 2.45) is 5.92 Å². The Labute approximate surface area is 120 Å². The summed E-state index contributed by atoms with van der Waals surface area (Å²) in [6.07, 6.45) is 1.18. The van der Waals surface area contributed by atoms with Gasteiger partial charge in [-0.15, -0.1) is 0 Å². The van der Waals surface area contributed by atoms with Gasteiger partial charge >= 0.3 is 0 Å². The monoisotopic (exact) mass is 270 g/mol. The van der Waals surface area contributed by atoms with Gasteiger partial charge < -0.3 is 10.1 Å². The molecule has 0 aromatic rings. The number of nitrogens with one attached hydrogen (secondary N) is 1. The predicted octanol–water partition coefficient (Wildman–Crippen LogP) is 2.90. The van der Waals surface area contributed by atoms with E-state index in [-0.39, 0.29) is 11.1 Å². The molecule has 3 nitrogen and oxygen atoms in total. The van der Waals surface area contributed by atoms with Gasteiger partial charge in [0.15, 0.2) is 0 Å². The molecule has 1 heterocycles. The van der Waals surface area contributed by atoms with Crippen LogP contribution >= 0.6 is 0 Å². The van der Waals surface area contributed by atoms with Gasteiger partial charge in [0.25, 0.3) is 0 Å². The highest BCUT2D eigenvalue weighted by Crippen LogP contribution is 2.22. The maximum absolute atomic E-state index is 5.90. The van der Waals surface area contributed by atoms with E-state index in [1.54, 1.807) is 0 Å². The number of nitrogens with zero attached hydrogens (tertiary/aromatic N) is 1. The third kappa shape index (κ3) is 5.41. The molecule has 2 unspecified atom stereocenters. The van der Waals surface area contributed by atoms with E-state index >= 15 is 0 Å². The van der Waals surface area contributed by atoms with Gasteiger partial charge in [-0.3, -0.25) is 4.90 Å². The SMILES string of the molecule is CCC1(C)CN(CCOC(C)(C)C)C(C(C)C)CN1. The Morgan fingerprint density at radius 2 is 2.00 bits per heavy atom. The summed E-state index contributed by atoms with van der Waals surface area (Å²) in [6, 6.07) is 0.628. The van der Waals surface area contributed by atoms with Gasteiger partial charge in [-0.1, -0.05) is 20.8 Å².